The van der Waals surface area contributed by atoms with Gasteiger partial charge in [0.25, 0.3) is 5.91 Å². The Morgan fingerprint density at radius 2 is 1.82 bits per heavy atom. The molecule has 2 heterocycles. The summed E-state index contributed by atoms with van der Waals surface area (Å²) in [6.07, 6.45) is 0. The molecule has 1 amide bonds. The molecule has 0 saturated carbocycles. The predicted octanol–water partition coefficient (Wildman–Crippen LogP) is 3.23. The lowest BCUT2D eigenvalue weighted by Gasteiger charge is -2.36. The van der Waals surface area contributed by atoms with Gasteiger partial charge in [-0.3, -0.25) is 4.79 Å². The molecule has 2 N–H and O–H groups in total. The molecule has 1 aliphatic rings. The molecule has 28 heavy (non-hydrogen) atoms. The maximum atomic E-state index is 13.1. The van der Waals surface area contributed by atoms with E-state index in [0.29, 0.717) is 34.4 Å². The number of hydrogen-bond donors (Lipinski definition) is 1. The Morgan fingerprint density at radius 3 is 2.54 bits per heavy atom. The molecule has 6 nitrogen and oxygen atoms in total. The second-order valence-electron chi connectivity index (χ2n) is 6.54. The van der Waals surface area contributed by atoms with E-state index in [1.54, 1.807) is 6.07 Å². The van der Waals surface area contributed by atoms with Gasteiger partial charge in [-0.2, -0.15) is 5.26 Å². The summed E-state index contributed by atoms with van der Waals surface area (Å²) in [5.74, 6) is -0.0292. The van der Waals surface area contributed by atoms with E-state index in [1.165, 1.54) is 11.3 Å². The molecule has 1 aromatic heterocycles. The number of nitrogens with two attached hydrogens (primary N) is 1. The van der Waals surface area contributed by atoms with Crippen molar-refractivity contribution in [1.29, 1.82) is 5.26 Å². The summed E-state index contributed by atoms with van der Waals surface area (Å²) in [4.78, 5) is 22.2. The monoisotopic (exact) mass is 389 g/mol. The van der Waals surface area contributed by atoms with Gasteiger partial charge in [-0.15, -0.1) is 0 Å². The molecule has 0 bridgehead atoms. The first kappa shape index (κ1) is 18.0. The second-order valence-corrected chi connectivity index (χ2v) is 7.57. The fourth-order valence-corrected chi connectivity index (χ4v) is 4.18. The smallest absolute Gasteiger partial charge is 0.266 e. The van der Waals surface area contributed by atoms with E-state index in [-0.39, 0.29) is 5.91 Å². The molecule has 2 aromatic carbocycles. The first-order valence-electron chi connectivity index (χ1n) is 9.02. The van der Waals surface area contributed by atoms with Crippen molar-refractivity contribution < 1.29 is 4.79 Å². The fourth-order valence-electron chi connectivity index (χ4n) is 3.36. The lowest BCUT2D eigenvalue weighted by molar-refractivity contribution is 0.0752. The summed E-state index contributed by atoms with van der Waals surface area (Å²) in [5, 5.41) is 9.48. The van der Waals surface area contributed by atoms with Gasteiger partial charge in [0, 0.05) is 37.4 Å². The highest BCUT2D eigenvalue weighted by atomic mass is 32.1. The molecular weight excluding hydrogens is 370 g/mol. The number of piperazine rings is 1. The number of amides is 1. The zero-order valence-corrected chi connectivity index (χ0v) is 16.0. The molecule has 0 spiro atoms. The third-order valence-corrected chi connectivity index (χ3v) is 5.66. The Kier molecular flexibility index (Phi) is 4.96. The van der Waals surface area contributed by atoms with Crippen molar-refractivity contribution in [3.05, 3.63) is 65.0 Å². The third kappa shape index (κ3) is 3.55. The summed E-state index contributed by atoms with van der Waals surface area (Å²) < 4.78 is 0. The summed E-state index contributed by atoms with van der Waals surface area (Å²) in [6, 6.07) is 19.4. The Balaban J connectivity index is 1.50. The van der Waals surface area contributed by atoms with Crippen molar-refractivity contribution in [3.63, 3.8) is 0 Å². The highest BCUT2D eigenvalue weighted by molar-refractivity contribution is 7.17. The molecule has 0 atom stereocenters. The van der Waals surface area contributed by atoms with E-state index < -0.39 is 0 Å². The molecule has 1 saturated heterocycles. The Morgan fingerprint density at radius 1 is 1.07 bits per heavy atom. The van der Waals surface area contributed by atoms with Gasteiger partial charge in [-0.05, 0) is 18.2 Å². The first-order chi connectivity index (χ1) is 13.7. The lowest BCUT2D eigenvalue weighted by atomic mass is 10.1. The number of anilines is 2. The Hall–Kier alpha value is -3.37. The van der Waals surface area contributed by atoms with Gasteiger partial charge in [-0.25, -0.2) is 4.98 Å². The zero-order valence-electron chi connectivity index (χ0n) is 15.2. The summed E-state index contributed by atoms with van der Waals surface area (Å²) in [6.45, 7) is 2.66. The molecule has 3 aromatic rings. The van der Waals surface area contributed by atoms with Crippen LogP contribution < -0.4 is 10.6 Å². The Labute approximate surface area is 167 Å². The SMILES string of the molecule is N#Cc1cccc(N2CCN(C(=O)c3sc(N)nc3-c3ccccc3)CC2)c1. The minimum Gasteiger partial charge on any atom is -0.375 e. The van der Waals surface area contributed by atoms with Crippen LogP contribution in [0.25, 0.3) is 11.3 Å². The van der Waals surface area contributed by atoms with Crippen LogP contribution >= 0.6 is 11.3 Å². The van der Waals surface area contributed by atoms with Crippen LogP contribution in [-0.4, -0.2) is 42.0 Å². The summed E-state index contributed by atoms with van der Waals surface area (Å²) in [5.41, 5.74) is 9.11. The van der Waals surface area contributed by atoms with Gasteiger partial charge < -0.3 is 15.5 Å². The minimum atomic E-state index is -0.0292. The highest BCUT2D eigenvalue weighted by Gasteiger charge is 2.27. The average Bonchev–Trinajstić information content (AvgIpc) is 3.15. The topological polar surface area (TPSA) is 86.2 Å². The van der Waals surface area contributed by atoms with Crippen LogP contribution in [-0.2, 0) is 0 Å². The van der Waals surface area contributed by atoms with E-state index in [1.807, 2.05) is 53.4 Å². The molecule has 140 valence electrons. The molecule has 7 heteroatoms. The third-order valence-electron chi connectivity index (χ3n) is 4.79. The maximum absolute atomic E-state index is 13.1. The number of thiazole rings is 1. The number of aromatic nitrogens is 1. The number of hydrogen-bond acceptors (Lipinski definition) is 6. The minimum absolute atomic E-state index is 0.0292. The molecular formula is C21H19N5OS. The number of nitrogen functional groups attached to an aromatic ring is 1. The molecule has 0 aliphatic carbocycles. The molecule has 1 aliphatic heterocycles. The zero-order chi connectivity index (χ0) is 19.5. The van der Waals surface area contributed by atoms with Crippen LogP contribution in [0.4, 0.5) is 10.8 Å². The van der Waals surface area contributed by atoms with E-state index in [9.17, 15) is 4.79 Å². The fraction of sp³-hybridized carbons (Fsp3) is 0.190. The molecule has 0 unspecified atom stereocenters. The van der Waals surface area contributed by atoms with Gasteiger partial charge in [0.05, 0.1) is 17.3 Å². The second kappa shape index (κ2) is 7.71. The number of nitrogens with zero attached hydrogens (tertiary/aromatic N) is 4. The first-order valence-corrected chi connectivity index (χ1v) is 9.83. The lowest BCUT2D eigenvalue weighted by Crippen LogP contribution is -2.48. The van der Waals surface area contributed by atoms with Crippen LogP contribution in [0.2, 0.25) is 0 Å². The van der Waals surface area contributed by atoms with Crippen LogP contribution in [0.1, 0.15) is 15.2 Å². The number of benzene rings is 2. The summed E-state index contributed by atoms with van der Waals surface area (Å²) in [7, 11) is 0. The van der Waals surface area contributed by atoms with Crippen LogP contribution in [0.15, 0.2) is 54.6 Å². The quantitative estimate of drug-likeness (QED) is 0.743. The van der Waals surface area contributed by atoms with Crippen molar-refractivity contribution in [1.82, 2.24) is 9.88 Å². The van der Waals surface area contributed by atoms with Crippen molar-refractivity contribution in [2.75, 3.05) is 36.8 Å². The normalized spacial score (nSPS) is 14.0. The van der Waals surface area contributed by atoms with Gasteiger partial charge >= 0.3 is 0 Å². The number of rotatable bonds is 3. The van der Waals surface area contributed by atoms with Crippen molar-refractivity contribution in [2.24, 2.45) is 0 Å². The van der Waals surface area contributed by atoms with Gasteiger partial charge in [0.15, 0.2) is 5.13 Å². The summed E-state index contributed by atoms with van der Waals surface area (Å²) >= 11 is 1.24. The standard InChI is InChI=1S/C21H19N5OS/c22-14-15-5-4-8-17(13-15)25-9-11-26(12-10-25)20(27)19-18(24-21(23)28-19)16-6-2-1-3-7-16/h1-8,13H,9-12H2,(H2,23,24). The highest BCUT2D eigenvalue weighted by Crippen LogP contribution is 2.31. The Bertz CT molecular complexity index is 1030. The average molecular weight is 389 g/mol. The maximum Gasteiger partial charge on any atom is 0.266 e. The van der Waals surface area contributed by atoms with Gasteiger partial charge in [-0.1, -0.05) is 47.7 Å². The molecule has 1 fully saturated rings. The van der Waals surface area contributed by atoms with E-state index in [2.05, 4.69) is 16.0 Å². The van der Waals surface area contributed by atoms with E-state index in [4.69, 9.17) is 11.0 Å². The number of carbonyl (C=O) groups is 1. The van der Waals surface area contributed by atoms with Crippen LogP contribution in [0.3, 0.4) is 0 Å². The van der Waals surface area contributed by atoms with Crippen LogP contribution in [0.5, 0.6) is 0 Å². The largest absolute Gasteiger partial charge is 0.375 e. The number of carbonyl (C=O) groups excluding carboxylic acids is 1. The van der Waals surface area contributed by atoms with Crippen molar-refractivity contribution >= 4 is 28.1 Å². The predicted molar refractivity (Wildman–Crippen MR) is 111 cm³/mol. The van der Waals surface area contributed by atoms with Gasteiger partial charge in [0.2, 0.25) is 0 Å². The van der Waals surface area contributed by atoms with Crippen LogP contribution in [0, 0.1) is 11.3 Å². The molecule has 0 radical (unpaired) electrons. The van der Waals surface area contributed by atoms with Gasteiger partial charge in [0.1, 0.15) is 4.88 Å². The van der Waals surface area contributed by atoms with E-state index in [0.717, 1.165) is 24.3 Å². The van der Waals surface area contributed by atoms with Crippen molar-refractivity contribution in [3.8, 4) is 17.3 Å². The molecule has 4 rings (SSSR count). The van der Waals surface area contributed by atoms with E-state index >= 15 is 0 Å². The number of nitriles is 1. The van der Waals surface area contributed by atoms with Crippen molar-refractivity contribution in [2.45, 2.75) is 0 Å².